The van der Waals surface area contributed by atoms with Gasteiger partial charge >= 0.3 is 0 Å². The first kappa shape index (κ1) is 18.3. The first-order valence-corrected chi connectivity index (χ1v) is 9.06. The van der Waals surface area contributed by atoms with E-state index in [1.807, 2.05) is 6.07 Å². The van der Waals surface area contributed by atoms with Gasteiger partial charge in [0.25, 0.3) is 0 Å². The minimum absolute atomic E-state index is 0.0217. The number of methoxy groups -OCH3 is 2. The zero-order valence-corrected chi connectivity index (χ0v) is 15.8. The van der Waals surface area contributed by atoms with Crippen molar-refractivity contribution in [3.63, 3.8) is 0 Å². The van der Waals surface area contributed by atoms with Gasteiger partial charge in [0, 0.05) is 17.2 Å². The number of pyridine rings is 1. The predicted octanol–water partition coefficient (Wildman–Crippen LogP) is 3.44. The van der Waals surface area contributed by atoms with Crippen LogP contribution in [0.4, 0.5) is 4.39 Å². The van der Waals surface area contributed by atoms with Crippen LogP contribution in [-0.4, -0.2) is 39.0 Å². The van der Waals surface area contributed by atoms with Gasteiger partial charge in [0.05, 0.1) is 19.9 Å². The van der Waals surface area contributed by atoms with Crippen molar-refractivity contribution in [1.29, 1.82) is 0 Å². The molecule has 0 aliphatic carbocycles. The molecule has 7 nitrogen and oxygen atoms in total. The van der Waals surface area contributed by atoms with E-state index in [0.29, 0.717) is 32.9 Å². The van der Waals surface area contributed by atoms with Crippen molar-refractivity contribution >= 4 is 17.8 Å². The standard InChI is InChI=1S/C19H16FN3O4S/c1-26-14-7-10(6-11(20)17(14)24)8-15-18(25)23-9-13(22-19(23)28-15)12-4-3-5-16(21-12)27-2/h3-9,18,24-25H,1-2H3. The van der Waals surface area contributed by atoms with E-state index in [0.717, 1.165) is 0 Å². The highest BCUT2D eigenvalue weighted by Gasteiger charge is 2.29. The summed E-state index contributed by atoms with van der Waals surface area (Å²) in [5.74, 6) is -0.850. The van der Waals surface area contributed by atoms with Gasteiger partial charge in [-0.05, 0) is 29.8 Å². The molecule has 1 aliphatic heterocycles. The fourth-order valence-electron chi connectivity index (χ4n) is 2.82. The quantitative estimate of drug-likeness (QED) is 0.692. The van der Waals surface area contributed by atoms with Gasteiger partial charge in [-0.2, -0.15) is 0 Å². The van der Waals surface area contributed by atoms with Crippen molar-refractivity contribution < 1.29 is 24.1 Å². The molecule has 3 aromatic rings. The average Bonchev–Trinajstić information content (AvgIpc) is 3.24. The van der Waals surface area contributed by atoms with E-state index in [1.54, 1.807) is 29.0 Å². The molecule has 0 radical (unpaired) electrons. The number of phenols is 1. The third kappa shape index (κ3) is 3.19. The third-order valence-electron chi connectivity index (χ3n) is 4.20. The number of aromatic nitrogens is 3. The molecule has 9 heteroatoms. The second kappa shape index (κ2) is 7.17. The Balaban J connectivity index is 1.64. The molecule has 0 fully saturated rings. The Labute approximate surface area is 164 Å². The van der Waals surface area contributed by atoms with Crippen molar-refractivity contribution in [2.24, 2.45) is 0 Å². The summed E-state index contributed by atoms with van der Waals surface area (Å²) in [7, 11) is 2.88. The average molecular weight is 401 g/mol. The smallest absolute Gasteiger partial charge is 0.213 e. The predicted molar refractivity (Wildman–Crippen MR) is 102 cm³/mol. The highest BCUT2D eigenvalue weighted by atomic mass is 32.2. The molecule has 0 amide bonds. The molecule has 28 heavy (non-hydrogen) atoms. The van der Waals surface area contributed by atoms with Crippen molar-refractivity contribution in [1.82, 2.24) is 14.5 Å². The second-order valence-corrected chi connectivity index (χ2v) is 7.00. The van der Waals surface area contributed by atoms with E-state index in [-0.39, 0.29) is 5.75 Å². The van der Waals surface area contributed by atoms with Crippen molar-refractivity contribution in [2.45, 2.75) is 11.4 Å². The van der Waals surface area contributed by atoms with E-state index in [9.17, 15) is 14.6 Å². The fourth-order valence-corrected chi connectivity index (χ4v) is 3.84. The number of nitrogens with zero attached hydrogens (tertiary/aromatic N) is 3. The van der Waals surface area contributed by atoms with Crippen LogP contribution in [0.2, 0.25) is 0 Å². The Kier molecular flexibility index (Phi) is 4.70. The number of benzene rings is 1. The minimum Gasteiger partial charge on any atom is -0.502 e. The topological polar surface area (TPSA) is 89.6 Å². The molecule has 1 atom stereocenters. The molecule has 0 saturated carbocycles. The number of rotatable bonds is 4. The zero-order valence-electron chi connectivity index (χ0n) is 15.0. The molecule has 1 aliphatic rings. The number of hydrogen-bond acceptors (Lipinski definition) is 7. The number of phenolic OH excluding ortho intramolecular Hbond substituents is 1. The van der Waals surface area contributed by atoms with Crippen LogP contribution in [0.5, 0.6) is 17.4 Å². The lowest BCUT2D eigenvalue weighted by Crippen LogP contribution is -2.02. The minimum atomic E-state index is -0.963. The summed E-state index contributed by atoms with van der Waals surface area (Å²) in [5.41, 5.74) is 1.69. The molecular weight excluding hydrogens is 385 g/mol. The number of ether oxygens (including phenoxy) is 2. The maximum absolute atomic E-state index is 13.8. The van der Waals surface area contributed by atoms with Gasteiger partial charge in [-0.15, -0.1) is 0 Å². The van der Waals surface area contributed by atoms with E-state index in [1.165, 1.54) is 38.1 Å². The lowest BCUT2D eigenvalue weighted by Gasteiger charge is -2.08. The Bertz CT molecular complexity index is 1080. The summed E-state index contributed by atoms with van der Waals surface area (Å²) < 4.78 is 25.5. The largest absolute Gasteiger partial charge is 0.502 e. The van der Waals surface area contributed by atoms with Crippen LogP contribution < -0.4 is 9.47 Å². The van der Waals surface area contributed by atoms with Crippen molar-refractivity contribution in [3.05, 3.63) is 52.8 Å². The summed E-state index contributed by atoms with van der Waals surface area (Å²) in [5, 5.41) is 20.8. The fraction of sp³-hybridized carbons (Fsp3) is 0.158. The van der Waals surface area contributed by atoms with Gasteiger partial charge in [0.1, 0.15) is 5.69 Å². The number of halogens is 1. The summed E-state index contributed by atoms with van der Waals surface area (Å²) in [6.45, 7) is 0. The van der Waals surface area contributed by atoms with Gasteiger partial charge in [-0.3, -0.25) is 4.57 Å². The van der Waals surface area contributed by atoms with Crippen LogP contribution in [0, 0.1) is 5.82 Å². The van der Waals surface area contributed by atoms with E-state index < -0.39 is 17.8 Å². The second-order valence-electron chi connectivity index (χ2n) is 5.96. The van der Waals surface area contributed by atoms with E-state index in [4.69, 9.17) is 9.47 Å². The molecule has 2 N–H and O–H groups in total. The Morgan fingerprint density at radius 2 is 2.00 bits per heavy atom. The van der Waals surface area contributed by atoms with Crippen LogP contribution in [-0.2, 0) is 0 Å². The molecule has 0 spiro atoms. The number of aliphatic hydroxyl groups is 1. The Morgan fingerprint density at radius 3 is 2.71 bits per heavy atom. The molecular formula is C19H16FN3O4S. The molecule has 2 aromatic heterocycles. The highest BCUT2D eigenvalue weighted by molar-refractivity contribution is 8.03. The van der Waals surface area contributed by atoms with Gasteiger partial charge in [0.15, 0.2) is 28.7 Å². The number of imidazole rings is 1. The molecule has 4 rings (SSSR count). The van der Waals surface area contributed by atoms with Crippen LogP contribution in [0.3, 0.4) is 0 Å². The molecule has 3 heterocycles. The first-order valence-electron chi connectivity index (χ1n) is 8.24. The molecule has 0 saturated heterocycles. The molecule has 1 unspecified atom stereocenters. The maximum atomic E-state index is 13.8. The number of aliphatic hydroxyl groups excluding tert-OH is 1. The van der Waals surface area contributed by atoms with Gasteiger partial charge < -0.3 is 19.7 Å². The summed E-state index contributed by atoms with van der Waals surface area (Å²) in [4.78, 5) is 9.42. The molecule has 1 aromatic carbocycles. The van der Waals surface area contributed by atoms with Gasteiger partial charge in [-0.1, -0.05) is 17.8 Å². The Morgan fingerprint density at radius 1 is 1.18 bits per heavy atom. The van der Waals surface area contributed by atoms with Crippen molar-refractivity contribution in [2.75, 3.05) is 14.2 Å². The zero-order chi connectivity index (χ0) is 19.8. The normalized spacial score (nSPS) is 17.0. The summed E-state index contributed by atoms with van der Waals surface area (Å²) in [6.07, 6.45) is 2.36. The number of hydrogen-bond donors (Lipinski definition) is 2. The Hall–Kier alpha value is -3.04. The van der Waals surface area contributed by atoms with Crippen molar-refractivity contribution in [3.8, 4) is 28.8 Å². The highest BCUT2D eigenvalue weighted by Crippen LogP contribution is 2.44. The van der Waals surface area contributed by atoms with Gasteiger partial charge in [0.2, 0.25) is 5.88 Å². The van der Waals surface area contributed by atoms with Crippen LogP contribution in [0.15, 0.2) is 46.6 Å². The van der Waals surface area contributed by atoms with Crippen LogP contribution in [0.25, 0.3) is 17.5 Å². The summed E-state index contributed by atoms with van der Waals surface area (Å²) >= 11 is 1.27. The molecule has 144 valence electrons. The first-order chi connectivity index (χ1) is 13.5. The number of thioether (sulfide) groups is 1. The molecule has 0 bridgehead atoms. The lowest BCUT2D eigenvalue weighted by molar-refractivity contribution is 0.147. The number of aromatic hydroxyl groups is 1. The SMILES string of the molecule is COc1cccc(-c2cn3c(n2)SC(=Cc2cc(F)c(O)c(OC)c2)C3O)n1. The van der Waals surface area contributed by atoms with Crippen LogP contribution >= 0.6 is 11.8 Å². The maximum Gasteiger partial charge on any atom is 0.213 e. The van der Waals surface area contributed by atoms with E-state index in [2.05, 4.69) is 9.97 Å². The monoisotopic (exact) mass is 401 g/mol. The third-order valence-corrected chi connectivity index (χ3v) is 5.25. The summed E-state index contributed by atoms with van der Waals surface area (Å²) in [6, 6.07) is 8.02. The van der Waals surface area contributed by atoms with Gasteiger partial charge in [-0.25, -0.2) is 14.4 Å². The number of fused-ring (bicyclic) bond motifs is 1. The van der Waals surface area contributed by atoms with E-state index >= 15 is 0 Å². The lowest BCUT2D eigenvalue weighted by atomic mass is 10.1. The van der Waals surface area contributed by atoms with Crippen LogP contribution in [0.1, 0.15) is 11.8 Å².